The summed E-state index contributed by atoms with van der Waals surface area (Å²) in [6, 6.07) is 81.5. The van der Waals surface area contributed by atoms with E-state index in [1.54, 1.807) is 12.1 Å². The second-order valence-corrected chi connectivity index (χ2v) is 24.6. The topological polar surface area (TPSA) is 108 Å². The van der Waals surface area contributed by atoms with E-state index in [1.807, 2.05) is 24.3 Å². The van der Waals surface area contributed by atoms with Gasteiger partial charge in [-0.3, -0.25) is 0 Å². The van der Waals surface area contributed by atoms with Crippen LogP contribution in [-0.4, -0.2) is 0 Å². The zero-order valence-corrected chi connectivity index (χ0v) is 48.2. The van der Waals surface area contributed by atoms with Crippen molar-refractivity contribution < 1.29 is 0 Å². The highest BCUT2D eigenvalue weighted by Crippen LogP contribution is 2.62. The van der Waals surface area contributed by atoms with Gasteiger partial charge in [0.15, 0.2) is 0 Å². The number of anilines is 12. The Bertz CT molecular complexity index is 4270. The van der Waals surface area contributed by atoms with Crippen LogP contribution in [0.25, 0.3) is 11.1 Å². The van der Waals surface area contributed by atoms with Crippen molar-refractivity contribution >= 4 is 68.2 Å². The van der Waals surface area contributed by atoms with E-state index in [0.29, 0.717) is 45.0 Å². The summed E-state index contributed by atoms with van der Waals surface area (Å²) in [4.78, 5) is 8.90. The zero-order chi connectivity index (χ0) is 58.2. The molecule has 0 bridgehead atoms. The lowest BCUT2D eigenvalue weighted by molar-refractivity contribution is 0.626. The maximum atomic E-state index is 11.3. The Kier molecular flexibility index (Phi) is 11.3. The molecule has 0 unspecified atom stereocenters. The van der Waals surface area contributed by atoms with Gasteiger partial charge in [-0.15, -0.1) is 0 Å². The van der Waals surface area contributed by atoms with E-state index in [-0.39, 0.29) is 10.8 Å². The molecule has 0 N–H and O–H groups in total. The molecule has 14 rings (SSSR count). The molecular formula is C76H58N8. The van der Waals surface area contributed by atoms with Gasteiger partial charge in [0, 0.05) is 21.7 Å². The van der Waals surface area contributed by atoms with Gasteiger partial charge in [0.05, 0.1) is 90.5 Å². The summed E-state index contributed by atoms with van der Waals surface area (Å²) in [6.45, 7) is 18.2. The minimum atomic E-state index is -0.581. The molecule has 10 aromatic carbocycles. The minimum absolute atomic E-state index is 0.323. The molecule has 402 valence electrons. The second-order valence-electron chi connectivity index (χ2n) is 24.6. The number of nitriles is 4. The van der Waals surface area contributed by atoms with Gasteiger partial charge in [0.2, 0.25) is 0 Å². The van der Waals surface area contributed by atoms with Crippen LogP contribution in [0.5, 0.6) is 0 Å². The number of hydrogen-bond donors (Lipinski definition) is 0. The van der Waals surface area contributed by atoms with E-state index in [0.717, 1.165) is 101 Å². The SMILES string of the molecule is CC1(C)c2ccccc2N(c2cc(N3c4ccccc4C(C)(C)c4c(-c5cccc6c5C(C)(C)c5ccccc5N6c5cc(N6c7ccccc7C(C)(C)c7ccccc76)c(C#N)cc5C#N)cccc43)c(C#N)cc2C#N)c2ccccc21. The summed E-state index contributed by atoms with van der Waals surface area (Å²) in [7, 11) is 0. The van der Waals surface area contributed by atoms with Crippen LogP contribution in [0, 0.1) is 45.3 Å². The van der Waals surface area contributed by atoms with E-state index < -0.39 is 10.8 Å². The van der Waals surface area contributed by atoms with Crippen molar-refractivity contribution in [2.45, 2.75) is 77.0 Å². The van der Waals surface area contributed by atoms with E-state index in [4.69, 9.17) is 0 Å². The summed E-state index contributed by atoms with van der Waals surface area (Å²) in [5, 5.41) is 44.8. The van der Waals surface area contributed by atoms with Crippen LogP contribution in [0.1, 0.15) is 122 Å². The van der Waals surface area contributed by atoms with Crippen LogP contribution in [0.15, 0.2) is 206 Å². The fourth-order valence-electron chi connectivity index (χ4n) is 14.8. The molecule has 4 aliphatic rings. The molecule has 0 fully saturated rings. The second kappa shape index (κ2) is 18.4. The van der Waals surface area contributed by atoms with Gasteiger partial charge in [-0.25, -0.2) is 0 Å². The predicted molar refractivity (Wildman–Crippen MR) is 338 cm³/mol. The highest BCUT2D eigenvalue weighted by atomic mass is 15.2. The number of nitrogens with zero attached hydrogens (tertiary/aromatic N) is 8. The fraction of sp³-hybridized carbons (Fsp3) is 0.158. The van der Waals surface area contributed by atoms with E-state index in [1.165, 1.54) is 0 Å². The Morgan fingerprint density at radius 2 is 0.452 bits per heavy atom. The Morgan fingerprint density at radius 3 is 0.702 bits per heavy atom. The van der Waals surface area contributed by atoms with Crippen molar-refractivity contribution in [1.82, 2.24) is 0 Å². The molecule has 0 spiro atoms. The van der Waals surface area contributed by atoms with Gasteiger partial charge in [0.25, 0.3) is 0 Å². The summed E-state index contributed by atoms with van der Waals surface area (Å²) >= 11 is 0. The monoisotopic (exact) mass is 1080 g/mol. The fourth-order valence-corrected chi connectivity index (χ4v) is 14.8. The van der Waals surface area contributed by atoms with E-state index in [2.05, 4.69) is 269 Å². The van der Waals surface area contributed by atoms with Gasteiger partial charge in [-0.05, 0) is 128 Å². The van der Waals surface area contributed by atoms with E-state index in [9.17, 15) is 21.0 Å². The molecule has 10 aromatic rings. The first-order chi connectivity index (χ1) is 40.6. The largest absolute Gasteiger partial charge is 0.308 e. The lowest BCUT2D eigenvalue weighted by Gasteiger charge is -2.46. The van der Waals surface area contributed by atoms with Crippen LogP contribution in [0.3, 0.4) is 0 Å². The summed E-state index contributed by atoms with van der Waals surface area (Å²) < 4.78 is 0. The third-order valence-electron chi connectivity index (χ3n) is 18.7. The molecule has 0 aromatic heterocycles. The Hall–Kier alpha value is -10.6. The maximum absolute atomic E-state index is 11.3. The minimum Gasteiger partial charge on any atom is -0.308 e. The van der Waals surface area contributed by atoms with Crippen LogP contribution < -0.4 is 19.6 Å². The zero-order valence-electron chi connectivity index (χ0n) is 48.2. The van der Waals surface area contributed by atoms with Crippen molar-refractivity contribution in [3.8, 4) is 35.4 Å². The molecule has 0 atom stereocenters. The van der Waals surface area contributed by atoms with Gasteiger partial charge in [0.1, 0.15) is 24.3 Å². The Balaban J connectivity index is 1.00. The van der Waals surface area contributed by atoms with Gasteiger partial charge in [-0.1, -0.05) is 189 Å². The van der Waals surface area contributed by atoms with Gasteiger partial charge >= 0.3 is 0 Å². The molecule has 4 aliphatic heterocycles. The van der Waals surface area contributed by atoms with Gasteiger partial charge < -0.3 is 19.6 Å². The lowest BCUT2D eigenvalue weighted by atomic mass is 9.67. The predicted octanol–water partition coefficient (Wildman–Crippen LogP) is 19.3. The van der Waals surface area contributed by atoms with E-state index >= 15 is 0 Å². The highest BCUT2D eigenvalue weighted by Gasteiger charge is 2.45. The molecule has 8 heteroatoms. The first kappa shape index (κ1) is 51.5. The van der Waals surface area contributed by atoms with Crippen LogP contribution in [0.2, 0.25) is 0 Å². The maximum Gasteiger partial charge on any atom is 0.101 e. The summed E-state index contributed by atoms with van der Waals surface area (Å²) in [5.41, 5.74) is 21.0. The quantitative estimate of drug-likeness (QED) is 0.168. The van der Waals surface area contributed by atoms with Gasteiger partial charge in [-0.2, -0.15) is 21.0 Å². The number of rotatable bonds is 5. The first-order valence-electron chi connectivity index (χ1n) is 28.6. The van der Waals surface area contributed by atoms with Crippen LogP contribution >= 0.6 is 0 Å². The molecule has 8 nitrogen and oxygen atoms in total. The van der Waals surface area contributed by atoms with Crippen molar-refractivity contribution in [1.29, 1.82) is 21.0 Å². The smallest absolute Gasteiger partial charge is 0.101 e. The molecule has 0 radical (unpaired) electrons. The Morgan fingerprint density at radius 1 is 0.238 bits per heavy atom. The number of hydrogen-bond acceptors (Lipinski definition) is 8. The average molecular weight is 1080 g/mol. The standard InChI is InChI=1S/C76H58N8/c1-73(2)53-25-9-15-31-59(53)81(60-32-16-10-26-54(60)73)67-41-69(49(45-79)39-47(67)43-77)83-63-35-19-13-29-57(63)75(5,6)71-51(23-21-37-65(71)83)52-24-22-38-66-72(52)76(7,8)58-30-14-20-36-64(58)84(66)70-42-68(48(44-78)40-50(70)46-80)82-61-33-17-11-27-55(61)74(3,4)56-28-12-18-34-62(56)82/h9-42H,1-8H3. The first-order valence-corrected chi connectivity index (χ1v) is 28.6. The Labute approximate surface area is 491 Å². The van der Waals surface area contributed by atoms with Crippen LogP contribution in [0.4, 0.5) is 68.2 Å². The number of benzene rings is 10. The summed E-state index contributed by atoms with van der Waals surface area (Å²) in [6.07, 6.45) is 0. The normalized spacial score (nSPS) is 15.6. The molecular weight excluding hydrogens is 1020 g/mol. The highest BCUT2D eigenvalue weighted by molar-refractivity contribution is 6.00. The molecule has 0 amide bonds. The van der Waals surface area contributed by atoms with Crippen molar-refractivity contribution in [3.63, 3.8) is 0 Å². The molecule has 84 heavy (non-hydrogen) atoms. The molecule has 4 heterocycles. The molecule has 0 saturated carbocycles. The third kappa shape index (κ3) is 7.08. The van der Waals surface area contributed by atoms with Crippen LogP contribution in [-0.2, 0) is 21.7 Å². The number of fused-ring (bicyclic) bond motifs is 8. The summed E-state index contributed by atoms with van der Waals surface area (Å²) in [5.74, 6) is 0. The molecule has 0 aliphatic carbocycles. The average Bonchev–Trinajstić information content (AvgIpc) is 0.897. The van der Waals surface area contributed by atoms with Crippen molar-refractivity contribution in [2.75, 3.05) is 19.6 Å². The molecule has 0 saturated heterocycles. The number of para-hydroxylation sites is 6. The van der Waals surface area contributed by atoms with Crippen molar-refractivity contribution in [3.05, 3.63) is 273 Å². The lowest BCUT2D eigenvalue weighted by Crippen LogP contribution is -2.34. The third-order valence-corrected chi connectivity index (χ3v) is 18.7. The van der Waals surface area contributed by atoms with Crippen molar-refractivity contribution in [2.24, 2.45) is 0 Å².